The van der Waals surface area contributed by atoms with Crippen molar-refractivity contribution in [2.24, 2.45) is 12.8 Å². The molecule has 2 aromatic rings. The molecule has 0 radical (unpaired) electrons. The van der Waals surface area contributed by atoms with Crippen LogP contribution in [0.2, 0.25) is 0 Å². The number of tetrazole rings is 1. The third kappa shape index (κ3) is 3.10. The average Bonchev–Trinajstić information content (AvgIpc) is 2.89. The van der Waals surface area contributed by atoms with E-state index in [9.17, 15) is 0 Å². The lowest BCUT2D eigenvalue weighted by Crippen LogP contribution is -2.26. The number of hydrogen-bond acceptors (Lipinski definition) is 6. The summed E-state index contributed by atoms with van der Waals surface area (Å²) in [6.07, 6.45) is 0.862. The maximum absolute atomic E-state index is 6.29. The lowest BCUT2D eigenvalue weighted by molar-refractivity contribution is 0.407. The van der Waals surface area contributed by atoms with E-state index in [0.29, 0.717) is 0 Å². The molecule has 0 saturated carbocycles. The van der Waals surface area contributed by atoms with Crippen LogP contribution in [0.25, 0.3) is 0 Å². The van der Waals surface area contributed by atoms with Crippen LogP contribution in [-0.2, 0) is 7.05 Å². The molecule has 1 heterocycles. The van der Waals surface area contributed by atoms with Crippen molar-refractivity contribution in [1.82, 2.24) is 20.2 Å². The maximum Gasteiger partial charge on any atom is 0.209 e. The SMILES string of the molecule is CCC(N)C(Sc1nnnn1C)c1ccccc1OC. The van der Waals surface area contributed by atoms with Gasteiger partial charge in [0, 0.05) is 18.7 Å². The molecular formula is C13H19N5OS. The van der Waals surface area contributed by atoms with E-state index < -0.39 is 0 Å². The molecule has 0 fully saturated rings. The maximum atomic E-state index is 6.29. The summed E-state index contributed by atoms with van der Waals surface area (Å²) < 4.78 is 7.09. The first kappa shape index (κ1) is 14.8. The smallest absolute Gasteiger partial charge is 0.209 e. The van der Waals surface area contributed by atoms with Crippen molar-refractivity contribution in [3.63, 3.8) is 0 Å². The molecule has 0 saturated heterocycles. The van der Waals surface area contributed by atoms with E-state index in [-0.39, 0.29) is 11.3 Å². The van der Waals surface area contributed by atoms with Crippen LogP contribution >= 0.6 is 11.8 Å². The summed E-state index contributed by atoms with van der Waals surface area (Å²) in [6.45, 7) is 2.07. The first-order chi connectivity index (χ1) is 9.67. The zero-order valence-electron chi connectivity index (χ0n) is 11.9. The number of methoxy groups -OCH3 is 1. The minimum absolute atomic E-state index is 0.00648. The Morgan fingerprint density at radius 1 is 1.40 bits per heavy atom. The van der Waals surface area contributed by atoms with Crippen LogP contribution in [-0.4, -0.2) is 33.4 Å². The Bertz CT molecular complexity index is 559. The number of thioether (sulfide) groups is 1. The largest absolute Gasteiger partial charge is 0.496 e. The molecule has 6 nitrogen and oxygen atoms in total. The van der Waals surface area contributed by atoms with Crippen molar-refractivity contribution in [1.29, 1.82) is 0 Å². The number of aryl methyl sites for hydroxylation is 1. The molecule has 2 atom stereocenters. The summed E-state index contributed by atoms with van der Waals surface area (Å²) in [4.78, 5) is 0. The first-order valence-corrected chi connectivity index (χ1v) is 7.32. The first-order valence-electron chi connectivity index (χ1n) is 6.44. The fourth-order valence-corrected chi connectivity index (χ4v) is 3.12. The molecule has 2 rings (SSSR count). The molecule has 0 aliphatic carbocycles. The molecule has 7 heteroatoms. The highest BCUT2D eigenvalue weighted by atomic mass is 32.2. The molecular weight excluding hydrogens is 274 g/mol. The Morgan fingerprint density at radius 2 is 2.15 bits per heavy atom. The lowest BCUT2D eigenvalue weighted by atomic mass is 10.0. The molecule has 0 aliphatic rings. The van der Waals surface area contributed by atoms with Crippen molar-refractivity contribution in [2.45, 2.75) is 29.8 Å². The van der Waals surface area contributed by atoms with Crippen molar-refractivity contribution >= 4 is 11.8 Å². The van der Waals surface area contributed by atoms with Gasteiger partial charge >= 0.3 is 0 Å². The number of nitrogens with zero attached hydrogens (tertiary/aromatic N) is 4. The van der Waals surface area contributed by atoms with Gasteiger partial charge in [-0.25, -0.2) is 4.68 Å². The topological polar surface area (TPSA) is 78.9 Å². The van der Waals surface area contributed by atoms with Crippen LogP contribution in [0.5, 0.6) is 5.75 Å². The van der Waals surface area contributed by atoms with Gasteiger partial charge in [-0.3, -0.25) is 0 Å². The van der Waals surface area contributed by atoms with E-state index in [2.05, 4.69) is 22.4 Å². The minimum atomic E-state index is -0.00648. The van der Waals surface area contributed by atoms with Gasteiger partial charge in [-0.15, -0.1) is 5.10 Å². The van der Waals surface area contributed by atoms with Gasteiger partial charge in [0.05, 0.1) is 12.4 Å². The van der Waals surface area contributed by atoms with E-state index in [1.165, 1.54) is 0 Å². The predicted octanol–water partition coefficient (Wildman–Crippen LogP) is 1.79. The summed E-state index contributed by atoms with van der Waals surface area (Å²) in [6, 6.07) is 7.91. The van der Waals surface area contributed by atoms with Gasteiger partial charge in [0.25, 0.3) is 0 Å². The molecule has 0 aliphatic heterocycles. The Balaban J connectivity index is 2.35. The zero-order chi connectivity index (χ0) is 14.5. The number of nitrogens with two attached hydrogens (primary N) is 1. The normalized spacial score (nSPS) is 14.0. The molecule has 1 aromatic heterocycles. The van der Waals surface area contributed by atoms with E-state index in [1.54, 1.807) is 23.6 Å². The van der Waals surface area contributed by atoms with Gasteiger partial charge in [0.1, 0.15) is 5.75 Å². The number of benzene rings is 1. The monoisotopic (exact) mass is 293 g/mol. The van der Waals surface area contributed by atoms with E-state index in [1.807, 2.05) is 31.3 Å². The molecule has 0 spiro atoms. The number of rotatable bonds is 6. The summed E-state index contributed by atoms with van der Waals surface area (Å²) in [5.74, 6) is 0.837. The Morgan fingerprint density at radius 3 is 2.75 bits per heavy atom. The minimum Gasteiger partial charge on any atom is -0.496 e. The summed E-state index contributed by atoms with van der Waals surface area (Å²) >= 11 is 1.56. The number of aromatic nitrogens is 4. The average molecular weight is 293 g/mol. The van der Waals surface area contributed by atoms with Crippen molar-refractivity contribution in [2.75, 3.05) is 7.11 Å². The van der Waals surface area contributed by atoms with E-state index in [4.69, 9.17) is 10.5 Å². The van der Waals surface area contributed by atoms with Crippen LogP contribution < -0.4 is 10.5 Å². The Kier molecular flexibility index (Phi) is 4.97. The summed E-state index contributed by atoms with van der Waals surface area (Å²) in [5.41, 5.74) is 7.35. The van der Waals surface area contributed by atoms with Gasteiger partial charge in [0.15, 0.2) is 0 Å². The predicted molar refractivity (Wildman–Crippen MR) is 78.7 cm³/mol. The quantitative estimate of drug-likeness (QED) is 0.818. The molecule has 1 aromatic carbocycles. The number of hydrogen-bond donors (Lipinski definition) is 1. The second-order valence-electron chi connectivity index (χ2n) is 4.44. The lowest BCUT2D eigenvalue weighted by Gasteiger charge is -2.23. The Hall–Kier alpha value is -1.60. The third-order valence-corrected chi connectivity index (χ3v) is 4.53. The van der Waals surface area contributed by atoms with E-state index in [0.717, 1.165) is 22.9 Å². The zero-order valence-corrected chi connectivity index (χ0v) is 12.7. The summed E-state index contributed by atoms with van der Waals surface area (Å²) in [5, 5.41) is 12.3. The van der Waals surface area contributed by atoms with Gasteiger partial charge < -0.3 is 10.5 Å². The molecule has 108 valence electrons. The van der Waals surface area contributed by atoms with Crippen LogP contribution in [0.3, 0.4) is 0 Å². The molecule has 20 heavy (non-hydrogen) atoms. The third-order valence-electron chi connectivity index (χ3n) is 3.12. The van der Waals surface area contributed by atoms with Crippen LogP contribution in [0.4, 0.5) is 0 Å². The second-order valence-corrected chi connectivity index (χ2v) is 5.55. The van der Waals surface area contributed by atoms with Crippen LogP contribution in [0.15, 0.2) is 29.4 Å². The fourth-order valence-electron chi connectivity index (χ4n) is 1.93. The van der Waals surface area contributed by atoms with Gasteiger partial charge in [-0.05, 0) is 22.9 Å². The molecule has 0 amide bonds. The second kappa shape index (κ2) is 6.71. The van der Waals surface area contributed by atoms with Gasteiger partial charge in [0.2, 0.25) is 5.16 Å². The highest BCUT2D eigenvalue weighted by Gasteiger charge is 2.25. The standard InChI is InChI=1S/C13H19N5OS/c1-4-10(14)12(20-13-15-16-17-18(13)2)9-7-5-6-8-11(9)19-3/h5-8,10,12H,4,14H2,1-3H3. The molecule has 2 unspecified atom stereocenters. The molecule has 2 N–H and O–H groups in total. The summed E-state index contributed by atoms with van der Waals surface area (Å²) in [7, 11) is 3.49. The molecule has 0 bridgehead atoms. The van der Waals surface area contributed by atoms with Crippen molar-refractivity contribution < 1.29 is 4.74 Å². The number of ether oxygens (including phenoxy) is 1. The highest BCUT2D eigenvalue weighted by molar-refractivity contribution is 7.99. The van der Waals surface area contributed by atoms with E-state index >= 15 is 0 Å². The van der Waals surface area contributed by atoms with Crippen LogP contribution in [0.1, 0.15) is 24.2 Å². The van der Waals surface area contributed by atoms with Gasteiger partial charge in [-0.2, -0.15) is 0 Å². The van der Waals surface area contributed by atoms with Gasteiger partial charge in [-0.1, -0.05) is 36.9 Å². The fraction of sp³-hybridized carbons (Fsp3) is 0.462. The van der Waals surface area contributed by atoms with Crippen molar-refractivity contribution in [3.8, 4) is 5.75 Å². The highest BCUT2D eigenvalue weighted by Crippen LogP contribution is 2.40. The number of para-hydroxylation sites is 1. The van der Waals surface area contributed by atoms with Crippen molar-refractivity contribution in [3.05, 3.63) is 29.8 Å². The van der Waals surface area contributed by atoms with Crippen LogP contribution in [0, 0.1) is 0 Å². The Labute approximate surface area is 122 Å².